The lowest BCUT2D eigenvalue weighted by Gasteiger charge is -2.51. The maximum Gasteiger partial charge on any atom is 0.317 e. The van der Waals surface area contributed by atoms with Crippen LogP contribution >= 0.6 is 0 Å². The summed E-state index contributed by atoms with van der Waals surface area (Å²) in [7, 11) is 1.66. The van der Waals surface area contributed by atoms with Crippen molar-refractivity contribution in [2.45, 2.75) is 66.7 Å². The molecule has 1 saturated heterocycles. The standard InChI is InChI=1S/C18H28N2O2/c1-9-10(2)12(4)16(13(5)11(9)3)22-17-14(6)20(15(17)7)18(21)19-8/h14-15,17H,1-8H3,(H,19,21). The Morgan fingerprint density at radius 2 is 1.32 bits per heavy atom. The molecule has 2 rings (SSSR count). The summed E-state index contributed by atoms with van der Waals surface area (Å²) < 4.78 is 6.36. The lowest BCUT2D eigenvalue weighted by atomic mass is 9.90. The van der Waals surface area contributed by atoms with Crippen LogP contribution in [-0.4, -0.2) is 36.2 Å². The van der Waals surface area contributed by atoms with Gasteiger partial charge in [-0.2, -0.15) is 0 Å². The summed E-state index contributed by atoms with van der Waals surface area (Å²) in [6.45, 7) is 14.8. The van der Waals surface area contributed by atoms with Gasteiger partial charge in [-0.05, 0) is 76.3 Å². The Morgan fingerprint density at radius 3 is 1.73 bits per heavy atom. The van der Waals surface area contributed by atoms with Gasteiger partial charge in [-0.15, -0.1) is 0 Å². The molecule has 4 nitrogen and oxygen atoms in total. The molecule has 1 aromatic rings. The second kappa shape index (κ2) is 5.82. The Balaban J connectivity index is 2.29. The molecular formula is C18H28N2O2. The second-order valence-electron chi connectivity index (χ2n) is 6.48. The largest absolute Gasteiger partial charge is 0.486 e. The highest BCUT2D eigenvalue weighted by Crippen LogP contribution is 2.37. The maximum atomic E-state index is 11.9. The summed E-state index contributed by atoms with van der Waals surface area (Å²) in [6, 6.07) is 0.121. The third-order valence-corrected chi connectivity index (χ3v) is 5.46. The third kappa shape index (κ3) is 2.34. The minimum Gasteiger partial charge on any atom is -0.486 e. The predicted molar refractivity (Wildman–Crippen MR) is 89.8 cm³/mol. The van der Waals surface area contributed by atoms with Crippen molar-refractivity contribution < 1.29 is 9.53 Å². The summed E-state index contributed by atoms with van der Waals surface area (Å²) in [6.07, 6.45) is 0.0382. The van der Waals surface area contributed by atoms with Crippen molar-refractivity contribution in [1.82, 2.24) is 10.2 Å². The Morgan fingerprint density at radius 1 is 0.909 bits per heavy atom. The molecule has 0 bridgehead atoms. The van der Waals surface area contributed by atoms with Crippen molar-refractivity contribution in [2.75, 3.05) is 7.05 Å². The van der Waals surface area contributed by atoms with E-state index in [-0.39, 0.29) is 24.2 Å². The molecule has 0 aromatic heterocycles. The van der Waals surface area contributed by atoms with Crippen LogP contribution in [-0.2, 0) is 0 Å². The van der Waals surface area contributed by atoms with E-state index in [1.54, 1.807) is 7.05 Å². The van der Waals surface area contributed by atoms with E-state index >= 15 is 0 Å². The number of nitrogens with one attached hydrogen (secondary N) is 1. The molecule has 2 amide bonds. The normalized spacial score (nSPS) is 24.0. The number of nitrogens with zero attached hydrogens (tertiary/aromatic N) is 1. The summed E-state index contributed by atoms with van der Waals surface area (Å²) in [5.41, 5.74) is 6.34. The van der Waals surface area contributed by atoms with Crippen LogP contribution in [0.15, 0.2) is 0 Å². The summed E-state index contributed by atoms with van der Waals surface area (Å²) in [4.78, 5) is 13.7. The molecule has 0 saturated carbocycles. The number of urea groups is 1. The minimum absolute atomic E-state index is 0.0374. The molecular weight excluding hydrogens is 276 g/mol. The number of hydrogen-bond acceptors (Lipinski definition) is 2. The highest BCUT2D eigenvalue weighted by atomic mass is 16.5. The maximum absolute atomic E-state index is 11.9. The van der Waals surface area contributed by atoms with Gasteiger partial charge in [0, 0.05) is 7.05 Å². The molecule has 1 aromatic carbocycles. The van der Waals surface area contributed by atoms with E-state index in [1.165, 1.54) is 27.8 Å². The van der Waals surface area contributed by atoms with E-state index in [4.69, 9.17) is 4.74 Å². The number of rotatable bonds is 2. The van der Waals surface area contributed by atoms with Gasteiger partial charge in [-0.3, -0.25) is 0 Å². The Hall–Kier alpha value is -1.71. The number of likely N-dealkylation sites (tertiary alicyclic amines) is 1. The van der Waals surface area contributed by atoms with Gasteiger partial charge in [0.15, 0.2) is 0 Å². The van der Waals surface area contributed by atoms with E-state index in [0.717, 1.165) is 5.75 Å². The number of benzene rings is 1. The quantitative estimate of drug-likeness (QED) is 0.909. The topological polar surface area (TPSA) is 41.6 Å². The van der Waals surface area contributed by atoms with Gasteiger partial charge in [0.1, 0.15) is 11.9 Å². The van der Waals surface area contributed by atoms with Crippen molar-refractivity contribution >= 4 is 6.03 Å². The molecule has 2 unspecified atom stereocenters. The first-order valence-corrected chi connectivity index (χ1v) is 7.96. The summed E-state index contributed by atoms with van der Waals surface area (Å²) >= 11 is 0. The van der Waals surface area contributed by atoms with Gasteiger partial charge in [0.25, 0.3) is 0 Å². The van der Waals surface area contributed by atoms with Crippen molar-refractivity contribution in [1.29, 1.82) is 0 Å². The highest BCUT2D eigenvalue weighted by Gasteiger charge is 2.47. The van der Waals surface area contributed by atoms with Crippen LogP contribution < -0.4 is 10.1 Å². The second-order valence-corrected chi connectivity index (χ2v) is 6.48. The Labute approximate surface area is 133 Å². The fourth-order valence-corrected chi connectivity index (χ4v) is 3.46. The molecule has 2 atom stereocenters. The molecule has 1 aliphatic rings. The van der Waals surface area contributed by atoms with Crippen LogP contribution in [0.5, 0.6) is 5.75 Å². The third-order valence-electron chi connectivity index (χ3n) is 5.46. The van der Waals surface area contributed by atoms with E-state index in [1.807, 2.05) is 18.7 Å². The van der Waals surface area contributed by atoms with Crippen molar-refractivity contribution in [3.05, 3.63) is 27.8 Å². The number of ether oxygens (including phenoxy) is 1. The summed E-state index contributed by atoms with van der Waals surface area (Å²) in [5.74, 6) is 0.987. The van der Waals surface area contributed by atoms with Crippen LogP contribution in [0.1, 0.15) is 41.7 Å². The van der Waals surface area contributed by atoms with Gasteiger partial charge in [-0.25, -0.2) is 4.79 Å². The molecule has 0 radical (unpaired) electrons. The summed E-state index contributed by atoms with van der Waals surface area (Å²) in [5, 5.41) is 2.69. The van der Waals surface area contributed by atoms with Gasteiger partial charge in [0.05, 0.1) is 12.1 Å². The number of carbonyl (C=O) groups is 1. The zero-order valence-electron chi connectivity index (χ0n) is 15.0. The van der Waals surface area contributed by atoms with E-state index in [9.17, 15) is 4.79 Å². The zero-order chi connectivity index (χ0) is 16.8. The lowest BCUT2D eigenvalue weighted by Crippen LogP contribution is -2.70. The minimum atomic E-state index is -0.0374. The average Bonchev–Trinajstić information content (AvgIpc) is 2.51. The lowest BCUT2D eigenvalue weighted by molar-refractivity contribution is -0.0566. The van der Waals surface area contributed by atoms with Crippen LogP contribution in [0.2, 0.25) is 0 Å². The molecule has 0 aliphatic carbocycles. The van der Waals surface area contributed by atoms with Crippen molar-refractivity contribution in [3.63, 3.8) is 0 Å². The molecule has 1 fully saturated rings. The predicted octanol–water partition coefficient (Wildman–Crippen LogP) is 3.41. The molecule has 4 heteroatoms. The Kier molecular flexibility index (Phi) is 4.41. The number of carbonyl (C=O) groups excluding carboxylic acids is 1. The monoisotopic (exact) mass is 304 g/mol. The molecule has 1 N–H and O–H groups in total. The zero-order valence-corrected chi connectivity index (χ0v) is 15.0. The van der Waals surface area contributed by atoms with Crippen LogP contribution in [0.4, 0.5) is 4.79 Å². The van der Waals surface area contributed by atoms with Crippen LogP contribution in [0, 0.1) is 34.6 Å². The van der Waals surface area contributed by atoms with Crippen LogP contribution in [0.3, 0.4) is 0 Å². The number of hydrogen-bond donors (Lipinski definition) is 1. The van der Waals surface area contributed by atoms with E-state index in [2.05, 4.69) is 39.9 Å². The SMILES string of the molecule is CNC(=O)N1C(C)C(Oc2c(C)c(C)c(C)c(C)c2C)C1C. The van der Waals surface area contributed by atoms with Crippen molar-refractivity contribution in [2.24, 2.45) is 0 Å². The van der Waals surface area contributed by atoms with Gasteiger partial charge in [0.2, 0.25) is 0 Å². The molecule has 1 aliphatic heterocycles. The molecule has 1 heterocycles. The number of amides is 2. The average molecular weight is 304 g/mol. The van der Waals surface area contributed by atoms with Gasteiger partial charge >= 0.3 is 6.03 Å². The first kappa shape index (κ1) is 16.7. The highest BCUT2D eigenvalue weighted by molar-refractivity contribution is 5.76. The van der Waals surface area contributed by atoms with Gasteiger partial charge in [-0.1, -0.05) is 0 Å². The van der Waals surface area contributed by atoms with Crippen molar-refractivity contribution in [3.8, 4) is 5.75 Å². The first-order chi connectivity index (χ1) is 10.2. The Bertz CT molecular complexity index is 571. The van der Waals surface area contributed by atoms with E-state index in [0.29, 0.717) is 0 Å². The molecule has 122 valence electrons. The van der Waals surface area contributed by atoms with Gasteiger partial charge < -0.3 is 15.0 Å². The van der Waals surface area contributed by atoms with Crippen LogP contribution in [0.25, 0.3) is 0 Å². The van der Waals surface area contributed by atoms with E-state index < -0.39 is 0 Å². The molecule has 22 heavy (non-hydrogen) atoms. The molecule has 0 spiro atoms. The fourth-order valence-electron chi connectivity index (χ4n) is 3.46. The smallest absolute Gasteiger partial charge is 0.317 e. The first-order valence-electron chi connectivity index (χ1n) is 7.96. The fraction of sp³-hybridized carbons (Fsp3) is 0.611.